The molecule has 0 bridgehead atoms. The van der Waals surface area contributed by atoms with Crippen LogP contribution in [0.5, 0.6) is 0 Å². The molecule has 0 aromatic carbocycles. The number of hydrogen-bond acceptors (Lipinski definition) is 6. The van der Waals surface area contributed by atoms with E-state index < -0.39 is 6.10 Å². The fourth-order valence-electron chi connectivity index (χ4n) is 10.6. The number of ether oxygens (including phenoxy) is 3. The molecule has 472 valence electrons. The minimum Gasteiger partial charge on any atom is -0.462 e. The van der Waals surface area contributed by atoms with E-state index in [0.29, 0.717) is 19.3 Å². The maximum absolute atomic E-state index is 12.9. The van der Waals surface area contributed by atoms with E-state index in [2.05, 4.69) is 81.5 Å². The molecule has 6 nitrogen and oxygen atoms in total. The van der Waals surface area contributed by atoms with Gasteiger partial charge in [-0.3, -0.25) is 14.4 Å². The van der Waals surface area contributed by atoms with Crippen molar-refractivity contribution in [2.24, 2.45) is 0 Å². The fraction of sp³-hybridized carbons (Fsp3) is 0.827. The average molecular weight is 1130 g/mol. The Morgan fingerprint density at radius 3 is 0.691 bits per heavy atom. The molecule has 0 fully saturated rings. The number of allylic oxidation sites excluding steroid dienone is 10. The third kappa shape index (κ3) is 67.8. The van der Waals surface area contributed by atoms with Gasteiger partial charge in [-0.25, -0.2) is 0 Å². The molecule has 81 heavy (non-hydrogen) atoms. The highest BCUT2D eigenvalue weighted by atomic mass is 16.6. The summed E-state index contributed by atoms with van der Waals surface area (Å²) in [5, 5.41) is 0. The fourth-order valence-corrected chi connectivity index (χ4v) is 10.6. The highest BCUT2D eigenvalue weighted by Crippen LogP contribution is 2.18. The maximum atomic E-state index is 12.9. The van der Waals surface area contributed by atoms with E-state index in [1.54, 1.807) is 0 Å². The van der Waals surface area contributed by atoms with Crippen molar-refractivity contribution in [3.63, 3.8) is 0 Å². The van der Waals surface area contributed by atoms with Crippen molar-refractivity contribution in [1.29, 1.82) is 0 Å². The van der Waals surface area contributed by atoms with Crippen LogP contribution in [-0.2, 0) is 28.6 Å². The molecule has 0 amide bonds. The van der Waals surface area contributed by atoms with E-state index in [0.717, 1.165) is 77.0 Å². The van der Waals surface area contributed by atoms with Crippen LogP contribution in [0.25, 0.3) is 0 Å². The van der Waals surface area contributed by atoms with Gasteiger partial charge in [-0.1, -0.05) is 332 Å². The van der Waals surface area contributed by atoms with Gasteiger partial charge in [-0.2, -0.15) is 0 Å². The summed E-state index contributed by atoms with van der Waals surface area (Å²) in [5.74, 6) is -0.853. The first kappa shape index (κ1) is 78.1. The smallest absolute Gasteiger partial charge is 0.306 e. The molecule has 0 aliphatic carbocycles. The van der Waals surface area contributed by atoms with Gasteiger partial charge < -0.3 is 14.2 Å². The summed E-state index contributed by atoms with van der Waals surface area (Å²) < 4.78 is 17.0. The van der Waals surface area contributed by atoms with Gasteiger partial charge in [0.2, 0.25) is 0 Å². The molecular weight excluding hydrogens is 997 g/mol. The van der Waals surface area contributed by atoms with E-state index in [1.165, 1.54) is 263 Å². The second-order valence-corrected chi connectivity index (χ2v) is 24.1. The van der Waals surface area contributed by atoms with Gasteiger partial charge in [-0.15, -0.1) is 0 Å². The Morgan fingerprint density at radius 2 is 0.444 bits per heavy atom. The van der Waals surface area contributed by atoms with Crippen LogP contribution in [0, 0.1) is 0 Å². The molecule has 0 radical (unpaired) electrons. The number of esters is 3. The zero-order valence-corrected chi connectivity index (χ0v) is 54.3. The van der Waals surface area contributed by atoms with Crippen molar-refractivity contribution >= 4 is 17.9 Å². The monoisotopic (exact) mass is 1130 g/mol. The largest absolute Gasteiger partial charge is 0.462 e. The van der Waals surface area contributed by atoms with E-state index in [9.17, 15) is 14.4 Å². The highest BCUT2D eigenvalue weighted by Gasteiger charge is 2.19. The summed E-state index contributed by atoms with van der Waals surface area (Å²) in [5.41, 5.74) is 0. The first-order chi connectivity index (χ1) is 40.0. The Hall–Kier alpha value is -2.89. The van der Waals surface area contributed by atoms with Gasteiger partial charge in [0.15, 0.2) is 6.10 Å². The van der Waals surface area contributed by atoms with Gasteiger partial charge in [0.25, 0.3) is 0 Å². The molecule has 0 heterocycles. The molecular formula is C75H136O6. The van der Waals surface area contributed by atoms with E-state index in [-0.39, 0.29) is 31.1 Å². The summed E-state index contributed by atoms with van der Waals surface area (Å²) >= 11 is 0. The standard InChI is InChI=1S/C75H136O6/c1-4-7-10-13-16-19-22-24-26-28-30-32-33-34-35-36-37-38-39-40-41-43-44-46-48-50-53-56-59-62-65-68-74(77)80-71-72(70-79-73(76)67-64-61-58-55-52-21-18-15-12-9-6-3)81-75(78)69-66-63-60-57-54-51-49-47-45-42-31-29-27-25-23-20-17-14-11-8-5-2/h22-25,28-31,33-34,72H,4-21,26-27,32,35-71H2,1-3H3/b24-22-,25-23-,30-28-,31-29-,34-33-. The van der Waals surface area contributed by atoms with Crippen molar-refractivity contribution in [2.75, 3.05) is 13.2 Å². The number of hydrogen-bond donors (Lipinski definition) is 0. The zero-order chi connectivity index (χ0) is 58.5. The normalized spacial score (nSPS) is 12.4. The lowest BCUT2D eigenvalue weighted by atomic mass is 10.0. The van der Waals surface area contributed by atoms with E-state index in [1.807, 2.05) is 0 Å². The molecule has 0 aliphatic rings. The topological polar surface area (TPSA) is 78.9 Å². The molecule has 1 atom stereocenters. The predicted octanol–water partition coefficient (Wildman–Crippen LogP) is 24.7. The number of carbonyl (C=O) groups excluding carboxylic acids is 3. The second-order valence-electron chi connectivity index (χ2n) is 24.1. The lowest BCUT2D eigenvalue weighted by Gasteiger charge is -2.18. The molecule has 6 heteroatoms. The Balaban J connectivity index is 4.16. The Bertz CT molecular complexity index is 1440. The second kappa shape index (κ2) is 69.6. The first-order valence-electron chi connectivity index (χ1n) is 35.8. The average Bonchev–Trinajstić information content (AvgIpc) is 3.47. The van der Waals surface area contributed by atoms with Gasteiger partial charge in [0.1, 0.15) is 13.2 Å². The lowest BCUT2D eigenvalue weighted by Crippen LogP contribution is -2.30. The van der Waals surface area contributed by atoms with Crippen molar-refractivity contribution in [2.45, 2.75) is 386 Å². The Labute approximate surface area is 504 Å². The predicted molar refractivity (Wildman–Crippen MR) is 353 cm³/mol. The number of rotatable bonds is 66. The van der Waals surface area contributed by atoms with Gasteiger partial charge in [-0.05, 0) is 89.9 Å². The van der Waals surface area contributed by atoms with E-state index in [4.69, 9.17) is 14.2 Å². The number of carbonyl (C=O) groups is 3. The summed E-state index contributed by atoms with van der Waals surface area (Å²) in [6.07, 6.45) is 89.7. The van der Waals surface area contributed by atoms with Crippen LogP contribution in [-0.4, -0.2) is 37.2 Å². The zero-order valence-electron chi connectivity index (χ0n) is 54.3. The molecule has 0 aromatic rings. The maximum Gasteiger partial charge on any atom is 0.306 e. The minimum atomic E-state index is -0.775. The van der Waals surface area contributed by atoms with Crippen LogP contribution < -0.4 is 0 Å². The van der Waals surface area contributed by atoms with Gasteiger partial charge in [0.05, 0.1) is 0 Å². The van der Waals surface area contributed by atoms with Crippen LogP contribution in [0.2, 0.25) is 0 Å². The van der Waals surface area contributed by atoms with Crippen molar-refractivity contribution in [3.8, 4) is 0 Å². The molecule has 1 unspecified atom stereocenters. The summed E-state index contributed by atoms with van der Waals surface area (Å²) in [4.78, 5) is 38.4. The third-order valence-corrected chi connectivity index (χ3v) is 16.0. The Morgan fingerprint density at radius 1 is 0.247 bits per heavy atom. The lowest BCUT2D eigenvalue weighted by molar-refractivity contribution is -0.167. The quantitative estimate of drug-likeness (QED) is 0.0261. The number of unbranched alkanes of at least 4 members (excludes halogenated alkanes) is 45. The molecule has 0 spiro atoms. The van der Waals surface area contributed by atoms with Crippen LogP contribution in [0.15, 0.2) is 60.8 Å². The summed E-state index contributed by atoms with van der Waals surface area (Å²) in [6, 6.07) is 0. The van der Waals surface area contributed by atoms with Crippen LogP contribution in [0.3, 0.4) is 0 Å². The van der Waals surface area contributed by atoms with Crippen molar-refractivity contribution < 1.29 is 28.6 Å². The van der Waals surface area contributed by atoms with Crippen molar-refractivity contribution in [1.82, 2.24) is 0 Å². The van der Waals surface area contributed by atoms with Crippen LogP contribution in [0.4, 0.5) is 0 Å². The molecule has 0 N–H and O–H groups in total. The molecule has 0 aliphatic heterocycles. The highest BCUT2D eigenvalue weighted by molar-refractivity contribution is 5.71. The third-order valence-electron chi connectivity index (χ3n) is 16.0. The molecule has 0 aromatic heterocycles. The SMILES string of the molecule is CCCCCCC/C=C\C/C=C\C/C=C\CCCCCCCCCCCCCCCCCCC(=O)OCC(COC(=O)CCCCCCCCCCCCC)OC(=O)CCCCCCCCCCC/C=C\C/C=C\CCCCCCC. The van der Waals surface area contributed by atoms with Crippen LogP contribution in [0.1, 0.15) is 380 Å². The summed E-state index contributed by atoms with van der Waals surface area (Å²) in [7, 11) is 0. The van der Waals surface area contributed by atoms with E-state index >= 15 is 0 Å². The molecule has 0 saturated carbocycles. The Kier molecular flexibility index (Phi) is 67.1. The van der Waals surface area contributed by atoms with Crippen LogP contribution >= 0.6 is 0 Å². The van der Waals surface area contributed by atoms with Crippen molar-refractivity contribution in [3.05, 3.63) is 60.8 Å². The van der Waals surface area contributed by atoms with Gasteiger partial charge >= 0.3 is 17.9 Å². The molecule has 0 saturated heterocycles. The summed E-state index contributed by atoms with van der Waals surface area (Å²) in [6.45, 7) is 6.66. The minimum absolute atomic E-state index is 0.0711. The first-order valence-corrected chi connectivity index (χ1v) is 35.8. The molecule has 0 rings (SSSR count). The van der Waals surface area contributed by atoms with Gasteiger partial charge in [0, 0.05) is 19.3 Å².